The number of hydrogen-bond acceptors (Lipinski definition) is 3. The Kier molecular flexibility index (Phi) is 6.17. The fraction of sp³-hybridized carbons (Fsp3) is 0.143. The van der Waals surface area contributed by atoms with Gasteiger partial charge in [0.1, 0.15) is 0 Å². The van der Waals surface area contributed by atoms with E-state index in [-0.39, 0.29) is 24.3 Å². The molecule has 26 heavy (non-hydrogen) atoms. The summed E-state index contributed by atoms with van der Waals surface area (Å²) in [5.41, 5.74) is 2.56. The van der Waals surface area contributed by atoms with Crippen molar-refractivity contribution in [2.24, 2.45) is 0 Å². The molecule has 5 heteroatoms. The second-order valence-corrected chi connectivity index (χ2v) is 6.70. The van der Waals surface area contributed by atoms with Gasteiger partial charge in [-0.15, -0.1) is 0 Å². The van der Waals surface area contributed by atoms with Crippen molar-refractivity contribution in [2.75, 3.05) is 0 Å². The summed E-state index contributed by atoms with van der Waals surface area (Å²) in [6, 6.07) is 20.2. The first-order chi connectivity index (χ1) is 12.7. The van der Waals surface area contributed by atoms with Crippen LogP contribution in [0.1, 0.15) is 33.9 Å². The first kappa shape index (κ1) is 17.9. The van der Waals surface area contributed by atoms with Crippen molar-refractivity contribution in [1.82, 2.24) is 10.6 Å². The molecule has 0 saturated heterocycles. The highest BCUT2D eigenvalue weighted by molar-refractivity contribution is 7.07. The zero-order chi connectivity index (χ0) is 18.2. The predicted octanol–water partition coefficient (Wildman–Crippen LogP) is 3.93. The number of amides is 2. The van der Waals surface area contributed by atoms with Gasteiger partial charge < -0.3 is 10.6 Å². The molecule has 0 saturated carbocycles. The van der Waals surface area contributed by atoms with Gasteiger partial charge in [-0.2, -0.15) is 11.3 Å². The molecule has 0 aliphatic heterocycles. The topological polar surface area (TPSA) is 58.2 Å². The lowest BCUT2D eigenvalue weighted by atomic mass is 10.0. The molecule has 0 spiro atoms. The molecule has 0 aliphatic rings. The van der Waals surface area contributed by atoms with E-state index in [0.29, 0.717) is 12.1 Å². The van der Waals surface area contributed by atoms with Crippen LogP contribution in [0.15, 0.2) is 77.5 Å². The molecule has 2 amide bonds. The van der Waals surface area contributed by atoms with E-state index in [4.69, 9.17) is 0 Å². The predicted molar refractivity (Wildman–Crippen MR) is 104 cm³/mol. The van der Waals surface area contributed by atoms with Crippen LogP contribution in [0.4, 0.5) is 0 Å². The van der Waals surface area contributed by atoms with Crippen molar-refractivity contribution >= 4 is 23.2 Å². The Hall–Kier alpha value is -2.92. The van der Waals surface area contributed by atoms with Gasteiger partial charge >= 0.3 is 0 Å². The maximum absolute atomic E-state index is 12.5. The lowest BCUT2D eigenvalue weighted by Crippen LogP contribution is -2.33. The smallest absolute Gasteiger partial charge is 0.251 e. The van der Waals surface area contributed by atoms with E-state index < -0.39 is 0 Å². The Balaban J connectivity index is 1.67. The summed E-state index contributed by atoms with van der Waals surface area (Å²) in [7, 11) is 0. The summed E-state index contributed by atoms with van der Waals surface area (Å²) in [4.78, 5) is 24.9. The van der Waals surface area contributed by atoms with Gasteiger partial charge in [-0.25, -0.2) is 0 Å². The molecule has 1 atom stereocenters. The third kappa shape index (κ3) is 5.04. The van der Waals surface area contributed by atoms with Crippen LogP contribution in [0.5, 0.6) is 0 Å². The van der Waals surface area contributed by atoms with Crippen LogP contribution in [0.2, 0.25) is 0 Å². The third-order valence-corrected chi connectivity index (χ3v) is 4.73. The van der Waals surface area contributed by atoms with Gasteiger partial charge in [0.05, 0.1) is 12.5 Å². The number of carbonyl (C=O) groups excluding carboxylic acids is 2. The van der Waals surface area contributed by atoms with Crippen LogP contribution in [-0.2, 0) is 11.3 Å². The van der Waals surface area contributed by atoms with Gasteiger partial charge in [-0.05, 0) is 40.1 Å². The molecular weight excluding hydrogens is 344 g/mol. The molecule has 3 aromatic rings. The van der Waals surface area contributed by atoms with Crippen molar-refractivity contribution in [2.45, 2.75) is 19.0 Å². The number of hydrogen-bond donors (Lipinski definition) is 2. The number of thiophene rings is 1. The maximum Gasteiger partial charge on any atom is 0.251 e. The lowest BCUT2D eigenvalue weighted by molar-refractivity contribution is -0.121. The molecule has 1 aromatic heterocycles. The Morgan fingerprint density at radius 1 is 0.923 bits per heavy atom. The Morgan fingerprint density at radius 3 is 2.27 bits per heavy atom. The van der Waals surface area contributed by atoms with E-state index in [1.165, 1.54) is 0 Å². The summed E-state index contributed by atoms with van der Waals surface area (Å²) in [6.45, 7) is 0.497. The van der Waals surface area contributed by atoms with Gasteiger partial charge in [-0.1, -0.05) is 48.5 Å². The Morgan fingerprint density at radius 2 is 1.62 bits per heavy atom. The standard InChI is InChI=1S/C21H20N2O2S/c24-20(22-14-16-11-12-26-15-16)13-19(17-7-3-1-4-8-17)23-21(25)18-9-5-2-6-10-18/h1-12,15,19H,13-14H2,(H,22,24)(H,23,25). The molecule has 3 rings (SSSR count). The van der Waals surface area contributed by atoms with Crippen LogP contribution in [0, 0.1) is 0 Å². The van der Waals surface area contributed by atoms with Crippen LogP contribution in [0.3, 0.4) is 0 Å². The zero-order valence-electron chi connectivity index (χ0n) is 14.2. The van der Waals surface area contributed by atoms with Gasteiger partial charge in [-0.3, -0.25) is 9.59 Å². The summed E-state index contributed by atoms with van der Waals surface area (Å²) >= 11 is 1.60. The van der Waals surface area contributed by atoms with Crippen LogP contribution in [-0.4, -0.2) is 11.8 Å². The average molecular weight is 364 g/mol. The van der Waals surface area contributed by atoms with Gasteiger partial charge in [0.15, 0.2) is 0 Å². The summed E-state index contributed by atoms with van der Waals surface area (Å²) in [5, 5.41) is 9.88. The monoisotopic (exact) mass is 364 g/mol. The third-order valence-electron chi connectivity index (χ3n) is 4.00. The zero-order valence-corrected chi connectivity index (χ0v) is 15.0. The number of nitrogens with one attached hydrogen (secondary N) is 2. The normalized spacial score (nSPS) is 11.5. The van der Waals surface area contributed by atoms with Gasteiger partial charge in [0, 0.05) is 12.1 Å². The summed E-state index contributed by atoms with van der Waals surface area (Å²) in [5.74, 6) is -0.288. The fourth-order valence-electron chi connectivity index (χ4n) is 2.62. The molecule has 4 nitrogen and oxygen atoms in total. The number of benzene rings is 2. The minimum absolute atomic E-state index is 0.0987. The molecule has 0 bridgehead atoms. The largest absolute Gasteiger partial charge is 0.352 e. The second-order valence-electron chi connectivity index (χ2n) is 5.92. The molecule has 2 aromatic carbocycles. The fourth-order valence-corrected chi connectivity index (χ4v) is 3.29. The summed E-state index contributed by atoms with van der Waals surface area (Å²) < 4.78 is 0. The molecule has 2 N–H and O–H groups in total. The number of carbonyl (C=O) groups is 2. The lowest BCUT2D eigenvalue weighted by Gasteiger charge is -2.19. The van der Waals surface area contributed by atoms with E-state index in [9.17, 15) is 9.59 Å². The quantitative estimate of drug-likeness (QED) is 0.667. The van der Waals surface area contributed by atoms with Crippen molar-refractivity contribution in [3.63, 3.8) is 0 Å². The van der Waals surface area contributed by atoms with Gasteiger partial charge in [0.25, 0.3) is 5.91 Å². The first-order valence-corrected chi connectivity index (χ1v) is 9.35. The maximum atomic E-state index is 12.5. The molecule has 132 valence electrons. The highest BCUT2D eigenvalue weighted by atomic mass is 32.1. The van der Waals surface area contributed by atoms with Crippen LogP contribution < -0.4 is 10.6 Å². The summed E-state index contributed by atoms with van der Waals surface area (Å²) in [6.07, 6.45) is 0.187. The molecule has 1 unspecified atom stereocenters. The van der Waals surface area contributed by atoms with Gasteiger partial charge in [0.2, 0.25) is 5.91 Å². The van der Waals surface area contributed by atoms with Crippen molar-refractivity contribution < 1.29 is 9.59 Å². The second kappa shape index (κ2) is 8.97. The molecule has 0 fully saturated rings. The average Bonchev–Trinajstić information content (AvgIpc) is 3.21. The highest BCUT2D eigenvalue weighted by Gasteiger charge is 2.19. The van der Waals surface area contributed by atoms with E-state index >= 15 is 0 Å². The van der Waals surface area contributed by atoms with Crippen molar-refractivity contribution in [1.29, 1.82) is 0 Å². The van der Waals surface area contributed by atoms with E-state index in [2.05, 4.69) is 10.6 Å². The molecule has 0 radical (unpaired) electrons. The van der Waals surface area contributed by atoms with E-state index in [1.54, 1.807) is 23.5 Å². The Labute approximate surface area is 156 Å². The highest BCUT2D eigenvalue weighted by Crippen LogP contribution is 2.18. The number of rotatable bonds is 7. The molecule has 1 heterocycles. The SMILES string of the molecule is O=C(CC(NC(=O)c1ccccc1)c1ccccc1)NCc1ccsc1. The van der Waals surface area contributed by atoms with Crippen molar-refractivity contribution in [3.8, 4) is 0 Å². The minimum atomic E-state index is -0.383. The van der Waals surface area contributed by atoms with Crippen LogP contribution in [0.25, 0.3) is 0 Å². The van der Waals surface area contributed by atoms with E-state index in [0.717, 1.165) is 11.1 Å². The van der Waals surface area contributed by atoms with Crippen molar-refractivity contribution in [3.05, 3.63) is 94.2 Å². The first-order valence-electron chi connectivity index (χ1n) is 8.41. The minimum Gasteiger partial charge on any atom is -0.352 e. The Bertz CT molecular complexity index is 833. The van der Waals surface area contributed by atoms with Crippen LogP contribution >= 0.6 is 11.3 Å². The van der Waals surface area contributed by atoms with E-state index in [1.807, 2.05) is 65.4 Å². The molecular formula is C21H20N2O2S. The molecule has 0 aliphatic carbocycles.